The SMILES string of the molecule is Cc1cc(C)c(NC(=O)/C(C#N)=C/c2ccccc2Br)c(C)c1. The molecule has 0 saturated carbocycles. The van der Waals surface area contributed by atoms with Gasteiger partial charge in [0.25, 0.3) is 5.91 Å². The van der Waals surface area contributed by atoms with Crippen LogP contribution in [0.3, 0.4) is 0 Å². The summed E-state index contributed by atoms with van der Waals surface area (Å²) in [4.78, 5) is 12.4. The standard InChI is InChI=1S/C19H17BrN2O/c1-12-8-13(2)18(14(3)9-12)22-19(23)16(11-21)10-15-6-4-5-7-17(15)20/h4-10H,1-3H3,(H,22,23)/b16-10+. The van der Waals surface area contributed by atoms with Crippen molar-refractivity contribution >= 4 is 33.6 Å². The van der Waals surface area contributed by atoms with E-state index in [9.17, 15) is 10.1 Å². The first-order chi connectivity index (χ1) is 10.9. The van der Waals surface area contributed by atoms with Gasteiger partial charge in [-0.1, -0.05) is 51.8 Å². The maximum Gasteiger partial charge on any atom is 0.266 e. The van der Waals surface area contributed by atoms with Crippen LogP contribution in [0, 0.1) is 32.1 Å². The van der Waals surface area contributed by atoms with Gasteiger partial charge in [0.2, 0.25) is 0 Å². The molecule has 0 aliphatic heterocycles. The summed E-state index contributed by atoms with van der Waals surface area (Å²) in [5.74, 6) is -0.404. The molecule has 0 radical (unpaired) electrons. The van der Waals surface area contributed by atoms with Gasteiger partial charge >= 0.3 is 0 Å². The highest BCUT2D eigenvalue weighted by Gasteiger charge is 2.13. The molecule has 0 atom stereocenters. The lowest BCUT2D eigenvalue weighted by Crippen LogP contribution is -2.15. The smallest absolute Gasteiger partial charge is 0.266 e. The number of hydrogen-bond donors (Lipinski definition) is 1. The van der Waals surface area contributed by atoms with Gasteiger partial charge in [0.15, 0.2) is 0 Å². The molecular formula is C19H17BrN2O. The van der Waals surface area contributed by atoms with Gasteiger partial charge in [-0.3, -0.25) is 4.79 Å². The maximum atomic E-state index is 12.4. The average molecular weight is 369 g/mol. The number of halogens is 1. The zero-order chi connectivity index (χ0) is 17.0. The molecule has 2 aromatic rings. The van der Waals surface area contributed by atoms with Crippen LogP contribution in [0.2, 0.25) is 0 Å². The van der Waals surface area contributed by atoms with E-state index >= 15 is 0 Å². The number of carbonyl (C=O) groups is 1. The Labute approximate surface area is 144 Å². The minimum Gasteiger partial charge on any atom is -0.321 e. The Morgan fingerprint density at radius 3 is 2.35 bits per heavy atom. The van der Waals surface area contributed by atoms with E-state index < -0.39 is 5.91 Å². The number of aryl methyl sites for hydroxylation is 3. The number of anilines is 1. The third-order valence-corrected chi connectivity index (χ3v) is 4.21. The zero-order valence-corrected chi connectivity index (χ0v) is 14.9. The summed E-state index contributed by atoms with van der Waals surface area (Å²) >= 11 is 3.42. The van der Waals surface area contributed by atoms with Crippen molar-refractivity contribution in [2.24, 2.45) is 0 Å². The van der Waals surface area contributed by atoms with E-state index in [1.165, 1.54) is 0 Å². The van der Waals surface area contributed by atoms with Crippen LogP contribution in [0.5, 0.6) is 0 Å². The summed E-state index contributed by atoms with van der Waals surface area (Å²) < 4.78 is 0.836. The zero-order valence-electron chi connectivity index (χ0n) is 13.3. The lowest BCUT2D eigenvalue weighted by molar-refractivity contribution is -0.112. The predicted octanol–water partition coefficient (Wildman–Crippen LogP) is 4.92. The Morgan fingerprint density at radius 1 is 1.17 bits per heavy atom. The summed E-state index contributed by atoms with van der Waals surface area (Å²) in [5, 5.41) is 12.2. The Balaban J connectivity index is 2.33. The van der Waals surface area contributed by atoms with Crippen LogP contribution in [0.1, 0.15) is 22.3 Å². The molecule has 4 heteroatoms. The highest BCUT2D eigenvalue weighted by molar-refractivity contribution is 9.10. The molecule has 0 spiro atoms. The number of amides is 1. The Bertz CT molecular complexity index is 808. The first-order valence-electron chi connectivity index (χ1n) is 7.18. The van der Waals surface area contributed by atoms with Crippen molar-refractivity contribution in [3.63, 3.8) is 0 Å². The van der Waals surface area contributed by atoms with Crippen molar-refractivity contribution in [2.75, 3.05) is 5.32 Å². The Morgan fingerprint density at radius 2 is 1.78 bits per heavy atom. The topological polar surface area (TPSA) is 52.9 Å². The highest BCUT2D eigenvalue weighted by Crippen LogP contribution is 2.23. The average Bonchev–Trinajstić information content (AvgIpc) is 2.49. The fourth-order valence-corrected chi connectivity index (χ4v) is 2.85. The summed E-state index contributed by atoms with van der Waals surface area (Å²) in [7, 11) is 0. The van der Waals surface area contributed by atoms with Crippen LogP contribution in [0.15, 0.2) is 46.4 Å². The van der Waals surface area contributed by atoms with E-state index in [1.54, 1.807) is 6.08 Å². The summed E-state index contributed by atoms with van der Waals surface area (Å²) in [6.45, 7) is 5.90. The lowest BCUT2D eigenvalue weighted by atomic mass is 10.0. The summed E-state index contributed by atoms with van der Waals surface area (Å²) in [6, 6.07) is 13.4. The molecule has 0 bridgehead atoms. The van der Waals surface area contributed by atoms with Crippen molar-refractivity contribution < 1.29 is 4.79 Å². The molecule has 1 N–H and O–H groups in total. The molecule has 1 amide bonds. The molecule has 23 heavy (non-hydrogen) atoms. The molecule has 116 valence electrons. The maximum absolute atomic E-state index is 12.4. The minimum absolute atomic E-state index is 0.0660. The second-order valence-electron chi connectivity index (χ2n) is 5.42. The fraction of sp³-hybridized carbons (Fsp3) is 0.158. The first kappa shape index (κ1) is 17.0. The van der Waals surface area contributed by atoms with Gasteiger partial charge in [-0.2, -0.15) is 5.26 Å². The number of nitrogens with zero attached hydrogens (tertiary/aromatic N) is 1. The molecule has 0 aliphatic carbocycles. The number of hydrogen-bond acceptors (Lipinski definition) is 2. The molecule has 0 unspecified atom stereocenters. The summed E-state index contributed by atoms with van der Waals surface area (Å²) in [5.41, 5.74) is 4.71. The number of rotatable bonds is 3. The lowest BCUT2D eigenvalue weighted by Gasteiger charge is -2.12. The van der Waals surface area contributed by atoms with E-state index in [1.807, 2.05) is 63.2 Å². The van der Waals surface area contributed by atoms with Crippen molar-refractivity contribution in [2.45, 2.75) is 20.8 Å². The van der Waals surface area contributed by atoms with Crippen molar-refractivity contribution in [1.29, 1.82) is 5.26 Å². The quantitative estimate of drug-likeness (QED) is 0.617. The monoisotopic (exact) mass is 368 g/mol. The molecular weight excluding hydrogens is 352 g/mol. The summed E-state index contributed by atoms with van der Waals surface area (Å²) in [6.07, 6.45) is 1.58. The largest absolute Gasteiger partial charge is 0.321 e. The number of nitriles is 1. The third-order valence-electron chi connectivity index (χ3n) is 3.49. The van der Waals surface area contributed by atoms with Gasteiger partial charge in [0, 0.05) is 10.2 Å². The van der Waals surface area contributed by atoms with Gasteiger partial charge in [0.05, 0.1) is 0 Å². The van der Waals surface area contributed by atoms with Crippen LogP contribution in [0.25, 0.3) is 6.08 Å². The van der Waals surface area contributed by atoms with Crippen LogP contribution in [-0.4, -0.2) is 5.91 Å². The first-order valence-corrected chi connectivity index (χ1v) is 7.97. The Hall–Kier alpha value is -2.38. The van der Waals surface area contributed by atoms with Crippen molar-refractivity contribution in [3.05, 3.63) is 68.7 Å². The predicted molar refractivity (Wildman–Crippen MR) is 97.0 cm³/mol. The number of benzene rings is 2. The molecule has 0 heterocycles. The molecule has 0 aliphatic rings. The van der Waals surface area contributed by atoms with Crippen LogP contribution >= 0.6 is 15.9 Å². The highest BCUT2D eigenvalue weighted by atomic mass is 79.9. The van der Waals surface area contributed by atoms with Gasteiger partial charge in [-0.25, -0.2) is 0 Å². The molecule has 0 fully saturated rings. The van der Waals surface area contributed by atoms with Gasteiger partial charge in [0.1, 0.15) is 11.6 Å². The van der Waals surface area contributed by atoms with Gasteiger partial charge in [-0.05, 0) is 49.6 Å². The number of nitrogens with one attached hydrogen (secondary N) is 1. The van der Waals surface area contributed by atoms with E-state index in [0.29, 0.717) is 0 Å². The van der Waals surface area contributed by atoms with E-state index in [0.717, 1.165) is 32.4 Å². The van der Waals surface area contributed by atoms with Crippen LogP contribution in [0.4, 0.5) is 5.69 Å². The van der Waals surface area contributed by atoms with Crippen molar-refractivity contribution in [3.8, 4) is 6.07 Å². The number of carbonyl (C=O) groups excluding carboxylic acids is 1. The van der Waals surface area contributed by atoms with Crippen molar-refractivity contribution in [1.82, 2.24) is 0 Å². The third kappa shape index (κ3) is 4.08. The van der Waals surface area contributed by atoms with E-state index in [2.05, 4.69) is 21.2 Å². The molecule has 2 aromatic carbocycles. The van der Waals surface area contributed by atoms with E-state index in [4.69, 9.17) is 0 Å². The van der Waals surface area contributed by atoms with Gasteiger partial charge < -0.3 is 5.32 Å². The Kier molecular flexibility index (Phi) is 5.36. The minimum atomic E-state index is -0.404. The van der Waals surface area contributed by atoms with Crippen LogP contribution in [-0.2, 0) is 4.79 Å². The van der Waals surface area contributed by atoms with Gasteiger partial charge in [-0.15, -0.1) is 0 Å². The fourth-order valence-electron chi connectivity index (χ4n) is 2.45. The molecule has 2 rings (SSSR count). The second kappa shape index (κ2) is 7.26. The molecule has 3 nitrogen and oxygen atoms in total. The van der Waals surface area contributed by atoms with Crippen LogP contribution < -0.4 is 5.32 Å². The normalized spacial score (nSPS) is 11.0. The second-order valence-corrected chi connectivity index (χ2v) is 6.27. The molecule has 0 saturated heterocycles. The van der Waals surface area contributed by atoms with E-state index in [-0.39, 0.29) is 5.57 Å². The molecule has 0 aromatic heterocycles.